The van der Waals surface area contributed by atoms with Crippen molar-refractivity contribution in [2.24, 2.45) is 10.8 Å². The van der Waals surface area contributed by atoms with Crippen LogP contribution < -0.4 is 0 Å². The quantitative estimate of drug-likeness (QED) is 0.102. The number of carbonyl (C=O) groups excluding carboxylic acids is 5. The molecule has 0 aliphatic rings. The molecule has 2 atom stereocenters. The van der Waals surface area contributed by atoms with Crippen molar-refractivity contribution in [1.82, 2.24) is 0 Å². The van der Waals surface area contributed by atoms with Crippen LogP contribution in [0.25, 0.3) is 0 Å². The molecule has 0 spiro atoms. The maximum atomic E-state index is 12.3. The van der Waals surface area contributed by atoms with Crippen LogP contribution in [-0.4, -0.2) is 74.0 Å². The average molecular weight is 662 g/mol. The Morgan fingerprint density at radius 2 is 1.19 bits per heavy atom. The van der Waals surface area contributed by atoms with Crippen LogP contribution in [0.3, 0.4) is 0 Å². The molecule has 0 aromatic carbocycles. The zero-order valence-electron chi connectivity index (χ0n) is 23.7. The molecule has 0 aliphatic heterocycles. The summed E-state index contributed by atoms with van der Waals surface area (Å²) in [5, 5.41) is 0. The summed E-state index contributed by atoms with van der Waals surface area (Å²) in [5.74, 6) is -1.50. The van der Waals surface area contributed by atoms with Crippen LogP contribution in [0.1, 0.15) is 61.3 Å². The molecule has 0 N–H and O–H groups in total. The van der Waals surface area contributed by atoms with Gasteiger partial charge in [0.25, 0.3) is 6.47 Å². The molecular formula is C25H42Br2O10. The number of ether oxygens (including phenoxy) is 5. The second-order valence-corrected chi connectivity index (χ2v) is 13.6. The Kier molecular flexibility index (Phi) is 18.8. The van der Waals surface area contributed by atoms with Crippen LogP contribution in [0.4, 0.5) is 0 Å². The Morgan fingerprint density at radius 1 is 0.757 bits per heavy atom. The lowest BCUT2D eigenvalue weighted by Crippen LogP contribution is -2.43. The second-order valence-electron chi connectivity index (χ2n) is 9.90. The lowest BCUT2D eigenvalue weighted by molar-refractivity contribution is -0.157. The fourth-order valence-electron chi connectivity index (χ4n) is 3.25. The Bertz CT molecular complexity index is 785. The Morgan fingerprint density at radius 3 is 1.43 bits per heavy atom. The molecule has 2 unspecified atom stereocenters. The molecule has 0 saturated heterocycles. The third-order valence-corrected chi connectivity index (χ3v) is 5.55. The number of rotatable bonds is 11. The van der Waals surface area contributed by atoms with Crippen LogP contribution in [0.2, 0.25) is 0 Å². The molecule has 0 fully saturated rings. The van der Waals surface area contributed by atoms with Crippen LogP contribution in [0.5, 0.6) is 0 Å². The van der Waals surface area contributed by atoms with Gasteiger partial charge in [-0.25, -0.2) is 4.79 Å². The van der Waals surface area contributed by atoms with E-state index in [4.69, 9.17) is 14.2 Å². The highest BCUT2D eigenvalue weighted by Crippen LogP contribution is 2.43. The van der Waals surface area contributed by atoms with Gasteiger partial charge in [0.15, 0.2) is 0 Å². The van der Waals surface area contributed by atoms with E-state index in [1.807, 2.05) is 13.8 Å². The molecule has 0 aromatic rings. The molecule has 12 heteroatoms. The van der Waals surface area contributed by atoms with Crippen molar-refractivity contribution in [1.29, 1.82) is 0 Å². The first-order valence-corrected chi connectivity index (χ1v) is 12.6. The highest BCUT2D eigenvalue weighted by atomic mass is 79.9. The third kappa shape index (κ3) is 17.2. The summed E-state index contributed by atoms with van der Waals surface area (Å²) in [6, 6.07) is 0. The lowest BCUT2D eigenvalue weighted by Gasteiger charge is -2.38. The number of alkyl halides is 2. The van der Waals surface area contributed by atoms with E-state index in [9.17, 15) is 24.0 Å². The van der Waals surface area contributed by atoms with E-state index in [1.165, 1.54) is 28.4 Å². The second kappa shape index (κ2) is 17.5. The highest BCUT2D eigenvalue weighted by Gasteiger charge is 2.47. The minimum atomic E-state index is -1.02. The first-order valence-electron chi connectivity index (χ1n) is 11.0. The van der Waals surface area contributed by atoms with Crippen LogP contribution >= 0.6 is 31.9 Å². The van der Waals surface area contributed by atoms with Gasteiger partial charge in [0.1, 0.15) is 8.65 Å². The molecule has 0 aromatic heterocycles. The van der Waals surface area contributed by atoms with Gasteiger partial charge in [0, 0.05) is 11.0 Å². The molecule has 37 heavy (non-hydrogen) atoms. The van der Waals surface area contributed by atoms with Gasteiger partial charge in [0.05, 0.1) is 40.5 Å². The Balaban J connectivity index is -0.000000626. The predicted molar refractivity (Wildman–Crippen MR) is 146 cm³/mol. The number of methoxy groups -OCH3 is 4. The normalized spacial score (nSPS) is 13.9. The van der Waals surface area contributed by atoms with Crippen molar-refractivity contribution < 1.29 is 47.7 Å². The predicted octanol–water partition coefficient (Wildman–Crippen LogP) is 4.54. The smallest absolute Gasteiger partial charge is 0.332 e. The molecule has 10 nitrogen and oxygen atoms in total. The minimum absolute atomic E-state index is 0.167. The molecule has 216 valence electrons. The third-order valence-electron chi connectivity index (χ3n) is 4.63. The highest BCUT2D eigenvalue weighted by molar-refractivity contribution is 9.10. The van der Waals surface area contributed by atoms with Crippen molar-refractivity contribution >= 4 is 62.2 Å². The zero-order chi connectivity index (χ0) is 30.3. The van der Waals surface area contributed by atoms with Gasteiger partial charge < -0.3 is 23.7 Å². The fourth-order valence-corrected chi connectivity index (χ4v) is 4.20. The molecule has 0 rings (SSSR count). The van der Waals surface area contributed by atoms with Crippen LogP contribution in [0, 0.1) is 10.8 Å². The molecular weight excluding hydrogens is 620 g/mol. The number of esters is 4. The zero-order valence-corrected chi connectivity index (χ0v) is 26.9. The monoisotopic (exact) mass is 660 g/mol. The first kappa shape index (κ1) is 39.6. The van der Waals surface area contributed by atoms with Gasteiger partial charge in [-0.15, -0.1) is 0 Å². The summed E-state index contributed by atoms with van der Waals surface area (Å²) in [5.41, 5.74) is -0.970. The summed E-state index contributed by atoms with van der Waals surface area (Å²) >= 11 is 6.46. The average Bonchev–Trinajstić information content (AvgIpc) is 2.79. The van der Waals surface area contributed by atoms with Gasteiger partial charge >= 0.3 is 23.9 Å². The summed E-state index contributed by atoms with van der Waals surface area (Å²) in [7, 11) is 5.29. The van der Waals surface area contributed by atoms with E-state index in [-0.39, 0.29) is 25.0 Å². The van der Waals surface area contributed by atoms with Gasteiger partial charge in [-0.1, -0.05) is 52.3 Å². The molecule has 0 bridgehead atoms. The van der Waals surface area contributed by atoms with Crippen LogP contribution in [-0.2, 0) is 47.7 Å². The Labute approximate surface area is 237 Å². The molecule has 0 saturated carbocycles. The maximum Gasteiger partial charge on any atom is 0.332 e. The van der Waals surface area contributed by atoms with E-state index < -0.39 is 31.4 Å². The summed E-state index contributed by atoms with van der Waals surface area (Å²) < 4.78 is 21.6. The number of hydrogen-bond donors (Lipinski definition) is 0. The lowest BCUT2D eigenvalue weighted by atomic mass is 9.70. The topological polar surface area (TPSA) is 132 Å². The van der Waals surface area contributed by atoms with E-state index in [1.54, 1.807) is 34.6 Å². The maximum absolute atomic E-state index is 12.3. The number of hydrogen-bond acceptors (Lipinski definition) is 10. The van der Waals surface area contributed by atoms with Gasteiger partial charge in [-0.2, -0.15) is 0 Å². The number of carbonyl (C=O) groups is 5. The van der Waals surface area contributed by atoms with Crippen LogP contribution in [0.15, 0.2) is 12.2 Å². The van der Waals surface area contributed by atoms with Crippen molar-refractivity contribution in [3.05, 3.63) is 12.2 Å². The summed E-state index contributed by atoms with van der Waals surface area (Å²) in [6.07, 6.45) is 0.558. The molecule has 0 radical (unpaired) electrons. The molecule has 0 aliphatic carbocycles. The van der Waals surface area contributed by atoms with Crippen molar-refractivity contribution in [2.45, 2.75) is 70.0 Å². The largest absolute Gasteiger partial charge is 0.469 e. The fraction of sp³-hybridized carbons (Fsp3) is 0.720. The standard InChI is InChI=1S/C15H25BrO6.C5H9BrO2.C5H8O2/c1-13(2,9-22-10-17)7-14(3,11(18)20-5)8-15(4,16)12(19)21-6;1-5(2,6)4(7)8-3;1-4(2)5(6)7-3/h10H,7-9H2,1-6H3;1-3H3;1H2,2-3H3. The number of halogens is 2. The van der Waals surface area contributed by atoms with E-state index in [2.05, 4.69) is 47.9 Å². The van der Waals surface area contributed by atoms with Gasteiger partial charge in [-0.3, -0.25) is 19.2 Å². The van der Waals surface area contributed by atoms with Gasteiger partial charge in [0.2, 0.25) is 0 Å². The van der Waals surface area contributed by atoms with Crippen molar-refractivity contribution in [3.63, 3.8) is 0 Å². The Hall–Kier alpha value is -1.95. The van der Waals surface area contributed by atoms with Crippen molar-refractivity contribution in [3.8, 4) is 0 Å². The molecule has 0 heterocycles. The minimum Gasteiger partial charge on any atom is -0.469 e. The first-order chi connectivity index (χ1) is 16.6. The summed E-state index contributed by atoms with van der Waals surface area (Å²) in [4.78, 5) is 55.3. The van der Waals surface area contributed by atoms with Gasteiger partial charge in [-0.05, 0) is 47.5 Å². The SMILES string of the molecule is C=C(C)C(=O)OC.COC(=O)C(C)(Br)CC(C)(CC(C)(C)COC=O)C(=O)OC.COC(=O)C(C)(C)Br. The van der Waals surface area contributed by atoms with Crippen molar-refractivity contribution in [2.75, 3.05) is 35.0 Å². The van der Waals surface area contributed by atoms with E-state index >= 15 is 0 Å². The van der Waals surface area contributed by atoms with E-state index in [0.29, 0.717) is 18.5 Å². The summed E-state index contributed by atoms with van der Waals surface area (Å²) in [6.45, 7) is 16.1. The van der Waals surface area contributed by atoms with E-state index in [0.717, 1.165) is 0 Å². The molecule has 0 amide bonds.